The molecule has 0 spiro atoms. The molecular weight excluding hydrogens is 487 g/mol. The van der Waals surface area contributed by atoms with E-state index in [1.165, 1.54) is 25.1 Å². The molecule has 1 aliphatic carbocycles. The van der Waals surface area contributed by atoms with E-state index in [-0.39, 0.29) is 36.3 Å². The summed E-state index contributed by atoms with van der Waals surface area (Å²) in [5, 5.41) is 19.8. The van der Waals surface area contributed by atoms with E-state index in [0.717, 1.165) is 6.92 Å². The SMILES string of the molecule is [2H]c1c(CC(=O)C2(c3ccc4c(c3)OC(F)(F)O4)CC2)c(F)c([2H])c2c1c([2H])c(C(C)(CC)C([2H])([2H])[2H])n2C([2H])([2H])[C@@H](O)C([2H])([2H])O. The lowest BCUT2D eigenvalue weighted by Crippen LogP contribution is -2.26. The summed E-state index contributed by atoms with van der Waals surface area (Å²) in [6, 6.07) is 0.891. The fourth-order valence-electron chi connectivity index (χ4n) is 4.44. The second-order valence-electron chi connectivity index (χ2n) is 9.43. The number of rotatable bonds is 9. The predicted molar refractivity (Wildman–Crippen MR) is 131 cm³/mol. The molecule has 2 atom stereocenters. The van der Waals surface area contributed by atoms with Crippen LogP contribution in [0.3, 0.4) is 0 Å². The van der Waals surface area contributed by atoms with Crippen molar-refractivity contribution in [3.05, 3.63) is 59.0 Å². The summed E-state index contributed by atoms with van der Waals surface area (Å²) in [7, 11) is 0. The molecule has 3 aromatic rings. The first-order valence-electron chi connectivity index (χ1n) is 16.5. The minimum Gasteiger partial charge on any atom is -0.395 e. The lowest BCUT2D eigenvalue weighted by molar-refractivity contribution is -0.286. The molecule has 0 bridgehead atoms. The number of carbonyl (C=O) groups is 1. The van der Waals surface area contributed by atoms with Crippen molar-refractivity contribution in [2.24, 2.45) is 0 Å². The first-order chi connectivity index (χ1) is 21.4. The van der Waals surface area contributed by atoms with Gasteiger partial charge in [0.05, 0.1) is 39.7 Å². The summed E-state index contributed by atoms with van der Waals surface area (Å²) in [5.41, 5.74) is -5.42. The van der Waals surface area contributed by atoms with Crippen molar-refractivity contribution in [1.82, 2.24) is 4.57 Å². The number of aromatic nitrogens is 1. The Morgan fingerprint density at radius 3 is 2.68 bits per heavy atom. The number of benzene rings is 2. The van der Waals surface area contributed by atoms with Gasteiger partial charge in [0.2, 0.25) is 0 Å². The average molecular weight is 528 g/mol. The van der Waals surface area contributed by atoms with E-state index in [2.05, 4.69) is 9.47 Å². The minimum absolute atomic E-state index is 0.228. The Labute approximate surface area is 226 Å². The number of carbonyl (C=O) groups excluding carboxylic acids is 1. The predicted octanol–water partition coefficient (Wildman–Crippen LogP) is 4.99. The zero-order valence-electron chi connectivity index (χ0n) is 29.8. The highest BCUT2D eigenvalue weighted by atomic mass is 19.3. The third-order valence-corrected chi connectivity index (χ3v) is 6.87. The molecule has 1 unspecified atom stereocenters. The summed E-state index contributed by atoms with van der Waals surface area (Å²) in [6.07, 6.45) is -7.53. The summed E-state index contributed by atoms with van der Waals surface area (Å²) in [4.78, 5) is 13.7. The second kappa shape index (κ2) is 8.77. The minimum atomic E-state index is -3.91. The maximum atomic E-state index is 16.1. The Morgan fingerprint density at radius 1 is 1.30 bits per heavy atom. The Hall–Kier alpha value is -3.04. The van der Waals surface area contributed by atoms with Crippen LogP contribution in [-0.2, 0) is 28.5 Å². The van der Waals surface area contributed by atoms with Crippen LogP contribution in [0.15, 0.2) is 36.3 Å². The zero-order chi connectivity index (χ0) is 35.4. The number of fused-ring (bicyclic) bond motifs is 2. The quantitative estimate of drug-likeness (QED) is 0.410. The maximum absolute atomic E-state index is 16.1. The second-order valence-corrected chi connectivity index (χ2v) is 9.43. The number of alkyl halides is 2. The molecule has 37 heavy (non-hydrogen) atoms. The van der Waals surface area contributed by atoms with Gasteiger partial charge in [0, 0.05) is 27.0 Å². The van der Waals surface area contributed by atoms with Gasteiger partial charge in [-0.15, -0.1) is 8.78 Å². The Kier molecular flexibility index (Phi) is 3.80. The van der Waals surface area contributed by atoms with Gasteiger partial charge in [-0.25, -0.2) is 4.39 Å². The largest absolute Gasteiger partial charge is 0.586 e. The van der Waals surface area contributed by atoms with Crippen molar-refractivity contribution in [2.45, 2.75) is 76.1 Å². The summed E-state index contributed by atoms with van der Waals surface area (Å²) in [5.74, 6) is -2.74. The highest BCUT2D eigenvalue weighted by Gasteiger charge is 2.52. The van der Waals surface area contributed by atoms with E-state index in [1.54, 1.807) is 0 Å². The van der Waals surface area contributed by atoms with E-state index in [0.29, 0.717) is 4.57 Å². The van der Waals surface area contributed by atoms with Crippen LogP contribution >= 0.6 is 0 Å². The number of ketones is 1. The third kappa shape index (κ3) is 4.48. The van der Waals surface area contributed by atoms with Crippen molar-refractivity contribution in [1.29, 1.82) is 0 Å². The van der Waals surface area contributed by atoms with E-state index in [1.807, 2.05) is 0 Å². The fraction of sp³-hybridized carbons (Fsp3) is 0.464. The molecule has 1 saturated carbocycles. The van der Waals surface area contributed by atoms with Crippen LogP contribution in [0.1, 0.15) is 70.5 Å². The van der Waals surface area contributed by atoms with Crippen LogP contribution in [0, 0.1) is 5.82 Å². The molecule has 198 valence electrons. The molecule has 2 aliphatic rings. The van der Waals surface area contributed by atoms with Crippen LogP contribution in [0.5, 0.6) is 11.5 Å². The number of hydrogen-bond donors (Lipinski definition) is 2. The highest BCUT2D eigenvalue weighted by molar-refractivity contribution is 5.95. The molecule has 9 heteroatoms. The molecule has 1 aromatic heterocycles. The number of Topliss-reactive ketones (excluding diaryl/α,β-unsaturated/α-hetero) is 1. The van der Waals surface area contributed by atoms with Gasteiger partial charge in [-0.3, -0.25) is 4.79 Å². The topological polar surface area (TPSA) is 80.9 Å². The maximum Gasteiger partial charge on any atom is 0.586 e. The fourth-order valence-corrected chi connectivity index (χ4v) is 4.44. The molecule has 2 N–H and O–H groups in total. The molecular formula is C28H30F3NO5. The molecule has 6 nitrogen and oxygen atoms in total. The van der Waals surface area contributed by atoms with Gasteiger partial charge in [-0.1, -0.05) is 26.8 Å². The molecule has 5 rings (SSSR count). The molecule has 0 radical (unpaired) electrons. The third-order valence-electron chi connectivity index (χ3n) is 6.87. The number of ether oxygens (including phenoxy) is 2. The van der Waals surface area contributed by atoms with Gasteiger partial charge in [-0.2, -0.15) is 0 Å². The van der Waals surface area contributed by atoms with Crippen LogP contribution in [0.4, 0.5) is 13.2 Å². The standard InChI is InChI=1S/C28H30F3NO5/c1-4-26(2,3)24-10-17-9-16(20(29)13-21(17)32(24)14-19(34)15-33)11-25(35)27(7-8-27)18-5-6-22-23(12-18)37-28(30,31)36-22/h5-6,9-10,12-13,19,33-34H,4,7-8,11,14-15H2,1-3H3/t19-/m1/s1/i2D3,9D,10D,13D,14D2,15D2/t19-,26?. The summed E-state index contributed by atoms with van der Waals surface area (Å²) >= 11 is 0. The average Bonchev–Trinajstić information content (AvgIpc) is 3.61. The molecule has 2 aromatic carbocycles. The van der Waals surface area contributed by atoms with E-state index < -0.39 is 101 Å². The van der Waals surface area contributed by atoms with Crippen molar-refractivity contribution in [3.8, 4) is 11.5 Å². The summed E-state index contributed by atoms with van der Waals surface area (Å²) in [6.45, 7) is -7.61. The lowest BCUT2D eigenvalue weighted by Gasteiger charge is -2.26. The number of nitrogens with zero attached hydrogens (tertiary/aromatic N) is 1. The summed E-state index contributed by atoms with van der Waals surface area (Å²) < 4.78 is 136. The van der Waals surface area contributed by atoms with Crippen LogP contribution in [0.2, 0.25) is 0 Å². The number of hydrogen-bond acceptors (Lipinski definition) is 5. The normalized spacial score (nSPS) is 24.6. The molecule has 2 heterocycles. The monoisotopic (exact) mass is 527 g/mol. The van der Waals surface area contributed by atoms with Gasteiger partial charge in [0.25, 0.3) is 0 Å². The molecule has 0 saturated heterocycles. The number of aliphatic hydroxyl groups excluding tert-OH is 1. The Balaban J connectivity index is 1.71. The molecule has 0 amide bonds. The van der Waals surface area contributed by atoms with E-state index in [9.17, 15) is 23.8 Å². The van der Waals surface area contributed by atoms with Gasteiger partial charge in [0.15, 0.2) is 11.5 Å². The van der Waals surface area contributed by atoms with E-state index in [4.69, 9.17) is 13.7 Å². The van der Waals surface area contributed by atoms with Crippen molar-refractivity contribution in [3.63, 3.8) is 0 Å². The van der Waals surface area contributed by atoms with Crippen molar-refractivity contribution < 1.29 is 51.4 Å². The van der Waals surface area contributed by atoms with Crippen molar-refractivity contribution >= 4 is 16.7 Å². The highest BCUT2D eigenvalue weighted by Crippen LogP contribution is 2.52. The zero-order valence-corrected chi connectivity index (χ0v) is 19.8. The Bertz CT molecular complexity index is 1800. The van der Waals surface area contributed by atoms with Gasteiger partial charge >= 0.3 is 6.29 Å². The number of halogens is 3. The van der Waals surface area contributed by atoms with E-state index >= 15 is 4.39 Å². The number of aliphatic hydroxyl groups is 2. The van der Waals surface area contributed by atoms with Crippen LogP contribution in [-0.4, -0.2) is 39.5 Å². The molecule has 1 fully saturated rings. The first kappa shape index (κ1) is 16.0. The van der Waals surface area contributed by atoms with Crippen molar-refractivity contribution in [2.75, 3.05) is 6.56 Å². The van der Waals surface area contributed by atoms with Crippen LogP contribution < -0.4 is 9.47 Å². The van der Waals surface area contributed by atoms with Gasteiger partial charge in [-0.05, 0) is 60.6 Å². The van der Waals surface area contributed by atoms with Gasteiger partial charge in [0.1, 0.15) is 11.6 Å². The molecule has 1 aliphatic heterocycles. The Morgan fingerprint density at radius 2 is 2.03 bits per heavy atom. The first-order valence-corrected chi connectivity index (χ1v) is 11.5. The smallest absolute Gasteiger partial charge is 0.395 e. The lowest BCUT2D eigenvalue weighted by atomic mass is 9.86. The van der Waals surface area contributed by atoms with Crippen LogP contribution in [0.25, 0.3) is 10.9 Å². The van der Waals surface area contributed by atoms with Gasteiger partial charge < -0.3 is 24.3 Å².